The molecule has 2 heterocycles. The minimum atomic E-state index is -0.455. The van der Waals surface area contributed by atoms with Crippen molar-refractivity contribution in [2.75, 3.05) is 11.9 Å². The SMILES string of the molecule is CC1CCc2c(C(=O)OCC(=O)Nc3sccc3C#N)csc2C1. The molecule has 0 fully saturated rings. The Bertz CT molecular complexity index is 816. The maximum Gasteiger partial charge on any atom is 0.339 e. The molecule has 2 aromatic heterocycles. The fourth-order valence-corrected chi connectivity index (χ4v) is 4.70. The number of anilines is 1. The summed E-state index contributed by atoms with van der Waals surface area (Å²) < 4.78 is 5.14. The Balaban J connectivity index is 1.58. The number of nitriles is 1. The van der Waals surface area contributed by atoms with E-state index >= 15 is 0 Å². The summed E-state index contributed by atoms with van der Waals surface area (Å²) in [5, 5.41) is 15.5. The number of hydrogen-bond donors (Lipinski definition) is 1. The second-order valence-electron chi connectivity index (χ2n) is 5.80. The lowest BCUT2D eigenvalue weighted by Gasteiger charge is -2.18. The van der Waals surface area contributed by atoms with Crippen LogP contribution in [0.2, 0.25) is 0 Å². The molecule has 3 rings (SSSR count). The van der Waals surface area contributed by atoms with Crippen LogP contribution in [0.1, 0.15) is 39.7 Å². The molecule has 0 aromatic carbocycles. The summed E-state index contributed by atoms with van der Waals surface area (Å²) in [5.74, 6) is -0.255. The molecule has 24 heavy (non-hydrogen) atoms. The van der Waals surface area contributed by atoms with Crippen LogP contribution >= 0.6 is 22.7 Å². The zero-order valence-electron chi connectivity index (χ0n) is 13.1. The molecule has 1 amide bonds. The number of carbonyl (C=O) groups excluding carboxylic acids is 2. The first-order valence-corrected chi connectivity index (χ1v) is 9.38. The Morgan fingerprint density at radius 2 is 2.29 bits per heavy atom. The second-order valence-corrected chi connectivity index (χ2v) is 7.68. The standard InChI is InChI=1S/C17H16N2O3S2/c1-10-2-3-12-13(9-24-14(12)6-10)17(21)22-8-15(20)19-16-11(7-18)4-5-23-16/h4-5,9-10H,2-3,6,8H2,1H3,(H,19,20). The predicted molar refractivity (Wildman–Crippen MR) is 93.5 cm³/mol. The summed E-state index contributed by atoms with van der Waals surface area (Å²) in [6.07, 6.45) is 2.96. The number of thiophene rings is 2. The van der Waals surface area contributed by atoms with E-state index in [4.69, 9.17) is 10.00 Å². The van der Waals surface area contributed by atoms with E-state index in [0.29, 0.717) is 22.0 Å². The molecule has 0 bridgehead atoms. The van der Waals surface area contributed by atoms with Crippen LogP contribution in [-0.4, -0.2) is 18.5 Å². The zero-order chi connectivity index (χ0) is 17.1. The van der Waals surface area contributed by atoms with Crippen molar-refractivity contribution in [3.63, 3.8) is 0 Å². The molecule has 1 N–H and O–H groups in total. The monoisotopic (exact) mass is 360 g/mol. The van der Waals surface area contributed by atoms with E-state index in [1.165, 1.54) is 16.2 Å². The van der Waals surface area contributed by atoms with E-state index in [2.05, 4.69) is 12.2 Å². The van der Waals surface area contributed by atoms with Crippen LogP contribution in [0.4, 0.5) is 5.00 Å². The lowest BCUT2D eigenvalue weighted by atomic mass is 9.88. The van der Waals surface area contributed by atoms with E-state index in [1.807, 2.05) is 11.4 Å². The summed E-state index contributed by atoms with van der Waals surface area (Å²) >= 11 is 2.85. The van der Waals surface area contributed by atoms with Crippen molar-refractivity contribution >= 4 is 39.6 Å². The quantitative estimate of drug-likeness (QED) is 0.845. The van der Waals surface area contributed by atoms with Crippen molar-refractivity contribution in [1.29, 1.82) is 5.26 Å². The number of fused-ring (bicyclic) bond motifs is 1. The molecular weight excluding hydrogens is 344 g/mol. The highest BCUT2D eigenvalue weighted by Crippen LogP contribution is 2.33. The molecule has 1 aliphatic carbocycles. The lowest BCUT2D eigenvalue weighted by Crippen LogP contribution is -2.21. The summed E-state index contributed by atoms with van der Waals surface area (Å²) in [5.41, 5.74) is 2.07. The molecule has 0 aliphatic heterocycles. The molecule has 1 atom stereocenters. The summed E-state index contributed by atoms with van der Waals surface area (Å²) in [6, 6.07) is 3.63. The van der Waals surface area contributed by atoms with Crippen LogP contribution in [0, 0.1) is 17.2 Å². The van der Waals surface area contributed by atoms with Gasteiger partial charge in [0.05, 0.1) is 11.1 Å². The van der Waals surface area contributed by atoms with Crippen molar-refractivity contribution in [3.05, 3.63) is 38.4 Å². The van der Waals surface area contributed by atoms with Crippen molar-refractivity contribution in [1.82, 2.24) is 0 Å². The Kier molecular flexibility index (Phi) is 4.97. The molecule has 1 unspecified atom stereocenters. The molecular formula is C17H16N2O3S2. The molecule has 124 valence electrons. The number of nitrogens with zero attached hydrogens (tertiary/aromatic N) is 1. The minimum absolute atomic E-state index is 0.359. The van der Waals surface area contributed by atoms with Crippen LogP contribution in [0.15, 0.2) is 16.8 Å². The van der Waals surface area contributed by atoms with Gasteiger partial charge in [-0.3, -0.25) is 4.79 Å². The van der Waals surface area contributed by atoms with Gasteiger partial charge in [0, 0.05) is 10.3 Å². The molecule has 0 saturated carbocycles. The molecule has 0 saturated heterocycles. The number of carbonyl (C=O) groups is 2. The number of hydrogen-bond acceptors (Lipinski definition) is 6. The Morgan fingerprint density at radius 3 is 3.08 bits per heavy atom. The van der Waals surface area contributed by atoms with E-state index in [0.717, 1.165) is 24.8 Å². The number of esters is 1. The largest absolute Gasteiger partial charge is 0.452 e. The van der Waals surface area contributed by atoms with Gasteiger partial charge in [-0.15, -0.1) is 22.7 Å². The number of amides is 1. The first-order valence-electron chi connectivity index (χ1n) is 7.62. The minimum Gasteiger partial charge on any atom is -0.452 e. The smallest absolute Gasteiger partial charge is 0.339 e. The molecule has 7 heteroatoms. The number of ether oxygens (including phenoxy) is 1. The molecule has 5 nitrogen and oxygen atoms in total. The lowest BCUT2D eigenvalue weighted by molar-refractivity contribution is -0.119. The zero-order valence-corrected chi connectivity index (χ0v) is 14.8. The predicted octanol–water partition coefficient (Wildman–Crippen LogP) is 3.60. The first kappa shape index (κ1) is 16.7. The molecule has 1 aliphatic rings. The second kappa shape index (κ2) is 7.16. The van der Waals surface area contributed by atoms with Gasteiger partial charge in [-0.25, -0.2) is 4.79 Å². The Hall–Kier alpha value is -2.17. The summed E-state index contributed by atoms with van der Waals surface area (Å²) in [4.78, 5) is 25.4. The molecule has 2 aromatic rings. The van der Waals surface area contributed by atoms with Gasteiger partial charge in [0.2, 0.25) is 0 Å². The number of nitrogens with one attached hydrogen (secondary N) is 1. The van der Waals surface area contributed by atoms with Crippen LogP contribution < -0.4 is 5.32 Å². The fourth-order valence-electron chi connectivity index (χ4n) is 2.71. The molecule has 0 radical (unpaired) electrons. The van der Waals surface area contributed by atoms with Crippen molar-refractivity contribution in [2.45, 2.75) is 26.2 Å². The van der Waals surface area contributed by atoms with Gasteiger partial charge < -0.3 is 10.1 Å². The highest BCUT2D eigenvalue weighted by Gasteiger charge is 2.24. The van der Waals surface area contributed by atoms with E-state index < -0.39 is 11.9 Å². The fraction of sp³-hybridized carbons (Fsp3) is 0.353. The maximum absolute atomic E-state index is 12.2. The van der Waals surface area contributed by atoms with Crippen molar-refractivity contribution in [2.24, 2.45) is 5.92 Å². The van der Waals surface area contributed by atoms with Crippen LogP contribution in [0.25, 0.3) is 0 Å². The van der Waals surface area contributed by atoms with Crippen LogP contribution in [0.3, 0.4) is 0 Å². The highest BCUT2D eigenvalue weighted by molar-refractivity contribution is 7.14. The van der Waals surface area contributed by atoms with Gasteiger partial charge in [-0.1, -0.05) is 6.92 Å². The Morgan fingerprint density at radius 1 is 1.46 bits per heavy atom. The van der Waals surface area contributed by atoms with Gasteiger partial charge in [0.15, 0.2) is 6.61 Å². The summed E-state index contributed by atoms with van der Waals surface area (Å²) in [6.45, 7) is 1.85. The van der Waals surface area contributed by atoms with E-state index in [-0.39, 0.29) is 6.61 Å². The third-order valence-corrected chi connectivity index (χ3v) is 5.88. The average molecular weight is 360 g/mol. The van der Waals surface area contributed by atoms with Crippen molar-refractivity contribution in [3.8, 4) is 6.07 Å². The average Bonchev–Trinajstić information content (AvgIpc) is 3.18. The van der Waals surface area contributed by atoms with Crippen LogP contribution in [0.5, 0.6) is 0 Å². The third-order valence-electron chi connectivity index (χ3n) is 3.99. The first-order chi connectivity index (χ1) is 11.6. The van der Waals surface area contributed by atoms with Gasteiger partial charge in [0.25, 0.3) is 5.91 Å². The van der Waals surface area contributed by atoms with Crippen molar-refractivity contribution < 1.29 is 14.3 Å². The van der Waals surface area contributed by atoms with Gasteiger partial charge in [0.1, 0.15) is 11.1 Å². The molecule has 0 spiro atoms. The van der Waals surface area contributed by atoms with Gasteiger partial charge in [-0.2, -0.15) is 5.26 Å². The van der Waals surface area contributed by atoms with Gasteiger partial charge in [-0.05, 0) is 42.2 Å². The topological polar surface area (TPSA) is 79.2 Å². The normalized spacial score (nSPS) is 16.1. The Labute approximate surface area is 147 Å². The van der Waals surface area contributed by atoms with Crippen LogP contribution in [-0.2, 0) is 22.4 Å². The third kappa shape index (κ3) is 3.50. The highest BCUT2D eigenvalue weighted by atomic mass is 32.1. The maximum atomic E-state index is 12.2. The van der Waals surface area contributed by atoms with Gasteiger partial charge >= 0.3 is 5.97 Å². The van der Waals surface area contributed by atoms with E-state index in [1.54, 1.807) is 22.8 Å². The van der Waals surface area contributed by atoms with E-state index in [9.17, 15) is 9.59 Å². The number of rotatable bonds is 4. The summed E-state index contributed by atoms with van der Waals surface area (Å²) in [7, 11) is 0.